The average molecular weight is 502 g/mol. The third kappa shape index (κ3) is 7.20. The van der Waals surface area contributed by atoms with Gasteiger partial charge >= 0.3 is 0 Å². The largest absolute Gasteiger partial charge is 0.501 e. The number of hydrogen-bond acceptors (Lipinski definition) is 7. The maximum atomic E-state index is 13.0. The molecule has 11 heteroatoms. The van der Waals surface area contributed by atoms with Crippen LogP contribution in [-0.4, -0.2) is 75.3 Å². The van der Waals surface area contributed by atoms with E-state index in [1.165, 1.54) is 40.1 Å². The Labute approximate surface area is 208 Å². The van der Waals surface area contributed by atoms with Gasteiger partial charge in [-0.05, 0) is 42.9 Å². The van der Waals surface area contributed by atoms with Crippen molar-refractivity contribution in [2.75, 3.05) is 26.7 Å². The second-order valence-electron chi connectivity index (χ2n) is 9.08. The van der Waals surface area contributed by atoms with Crippen LogP contribution < -0.4 is 10.9 Å². The number of carbonyl (C=O) groups is 3. The zero-order chi connectivity index (χ0) is 26.2. The van der Waals surface area contributed by atoms with Gasteiger partial charge in [-0.1, -0.05) is 19.1 Å². The third-order valence-corrected chi connectivity index (χ3v) is 6.40. The lowest BCUT2D eigenvalue weighted by Gasteiger charge is -2.32. The Morgan fingerprint density at radius 2 is 2.00 bits per heavy atom. The molecule has 1 aliphatic carbocycles. The summed E-state index contributed by atoms with van der Waals surface area (Å²) in [6.45, 7) is 4.07. The van der Waals surface area contributed by atoms with Gasteiger partial charge in [-0.15, -0.1) is 0 Å². The molecule has 1 atom stereocenters. The van der Waals surface area contributed by atoms with Crippen molar-refractivity contribution in [3.8, 4) is 5.75 Å². The first-order valence-electron chi connectivity index (χ1n) is 12.0. The molecule has 10 nitrogen and oxygen atoms in total. The summed E-state index contributed by atoms with van der Waals surface area (Å²) >= 11 is 0. The summed E-state index contributed by atoms with van der Waals surface area (Å²) in [6, 6.07) is 5.42. The van der Waals surface area contributed by atoms with E-state index in [0.29, 0.717) is 37.3 Å². The van der Waals surface area contributed by atoms with Crippen molar-refractivity contribution in [1.82, 2.24) is 24.7 Å². The Balaban J connectivity index is 1.64. The molecule has 0 spiro atoms. The van der Waals surface area contributed by atoms with Crippen LogP contribution in [0.5, 0.6) is 5.75 Å². The third-order valence-electron chi connectivity index (χ3n) is 6.40. The SMILES string of the molecule is CCC(CN(CCn1cnc(C(=O)NCc2ccc(F)cc2)c(O)c1=O)CC1CC1)N(C)C(=O)C=O. The van der Waals surface area contributed by atoms with E-state index in [-0.39, 0.29) is 24.8 Å². The predicted octanol–water partition coefficient (Wildman–Crippen LogP) is 1.17. The molecule has 2 amide bonds. The number of nitrogens with zero attached hydrogens (tertiary/aromatic N) is 4. The van der Waals surface area contributed by atoms with Crippen LogP contribution in [0.1, 0.15) is 42.2 Å². The van der Waals surface area contributed by atoms with Crippen LogP contribution in [0.25, 0.3) is 0 Å². The van der Waals surface area contributed by atoms with Crippen LogP contribution in [-0.2, 0) is 22.7 Å². The molecule has 1 fully saturated rings. The number of aromatic hydroxyl groups is 1. The molecule has 194 valence electrons. The van der Waals surface area contributed by atoms with Crippen molar-refractivity contribution in [1.29, 1.82) is 0 Å². The van der Waals surface area contributed by atoms with Gasteiger partial charge in [0.1, 0.15) is 5.82 Å². The Kier molecular flexibility index (Phi) is 9.29. The van der Waals surface area contributed by atoms with Crippen molar-refractivity contribution in [2.45, 2.75) is 45.3 Å². The monoisotopic (exact) mass is 501 g/mol. The number of benzene rings is 1. The van der Waals surface area contributed by atoms with Crippen molar-refractivity contribution in [3.63, 3.8) is 0 Å². The summed E-state index contributed by atoms with van der Waals surface area (Å²) in [7, 11) is 1.60. The fourth-order valence-electron chi connectivity index (χ4n) is 3.93. The molecule has 0 saturated heterocycles. The van der Waals surface area contributed by atoms with Crippen LogP contribution in [0, 0.1) is 11.7 Å². The molecule has 2 N–H and O–H groups in total. The van der Waals surface area contributed by atoms with Crippen molar-refractivity contribution in [2.24, 2.45) is 5.92 Å². The lowest BCUT2D eigenvalue weighted by Crippen LogP contribution is -2.46. The molecular weight excluding hydrogens is 469 g/mol. The Hall–Kier alpha value is -3.60. The fraction of sp³-hybridized carbons (Fsp3) is 0.480. The topological polar surface area (TPSA) is 125 Å². The maximum Gasteiger partial charge on any atom is 0.296 e. The van der Waals surface area contributed by atoms with Crippen molar-refractivity contribution < 1.29 is 23.9 Å². The molecule has 1 aromatic heterocycles. The number of nitrogens with one attached hydrogen (secondary N) is 1. The van der Waals surface area contributed by atoms with Crippen molar-refractivity contribution in [3.05, 3.63) is 58.0 Å². The minimum absolute atomic E-state index is 0.0824. The van der Waals surface area contributed by atoms with E-state index in [1.807, 2.05) is 6.92 Å². The number of hydrogen-bond donors (Lipinski definition) is 2. The molecule has 3 rings (SSSR count). The van der Waals surface area contributed by atoms with Gasteiger partial charge in [-0.2, -0.15) is 0 Å². The fourth-order valence-corrected chi connectivity index (χ4v) is 3.93. The molecule has 0 aliphatic heterocycles. The first-order chi connectivity index (χ1) is 17.2. The Morgan fingerprint density at radius 1 is 1.31 bits per heavy atom. The highest BCUT2D eigenvalue weighted by Gasteiger charge is 2.27. The minimum Gasteiger partial charge on any atom is -0.501 e. The molecule has 1 aliphatic rings. The van der Waals surface area contributed by atoms with E-state index >= 15 is 0 Å². The number of halogens is 1. The second-order valence-corrected chi connectivity index (χ2v) is 9.08. The van der Waals surface area contributed by atoms with Gasteiger partial charge < -0.3 is 15.3 Å². The molecule has 1 unspecified atom stereocenters. The molecule has 36 heavy (non-hydrogen) atoms. The summed E-state index contributed by atoms with van der Waals surface area (Å²) in [4.78, 5) is 55.5. The molecule has 1 heterocycles. The zero-order valence-corrected chi connectivity index (χ0v) is 20.5. The summed E-state index contributed by atoms with van der Waals surface area (Å²) in [5, 5.41) is 12.9. The number of rotatable bonds is 13. The predicted molar refractivity (Wildman–Crippen MR) is 130 cm³/mol. The highest BCUT2D eigenvalue weighted by molar-refractivity contribution is 6.23. The molecule has 1 saturated carbocycles. The van der Waals surface area contributed by atoms with Crippen LogP contribution in [0.15, 0.2) is 35.4 Å². The second kappa shape index (κ2) is 12.4. The normalized spacial score (nSPS) is 13.9. The van der Waals surface area contributed by atoms with E-state index < -0.39 is 28.9 Å². The molecule has 0 radical (unpaired) electrons. The summed E-state index contributed by atoms with van der Waals surface area (Å²) < 4.78 is 14.3. The van der Waals surface area contributed by atoms with E-state index in [4.69, 9.17) is 0 Å². The first kappa shape index (κ1) is 27.0. The lowest BCUT2D eigenvalue weighted by atomic mass is 10.1. The van der Waals surface area contributed by atoms with E-state index in [0.717, 1.165) is 19.4 Å². The smallest absolute Gasteiger partial charge is 0.296 e. The zero-order valence-electron chi connectivity index (χ0n) is 20.5. The minimum atomic E-state index is -0.745. The Bertz CT molecular complexity index is 1130. The number of aromatic nitrogens is 2. The maximum absolute atomic E-state index is 13.0. The number of aldehydes is 1. The average Bonchev–Trinajstić information content (AvgIpc) is 3.70. The van der Waals surface area contributed by atoms with Gasteiger partial charge in [0.25, 0.3) is 17.4 Å². The molecule has 0 bridgehead atoms. The van der Waals surface area contributed by atoms with Gasteiger partial charge in [-0.25, -0.2) is 9.37 Å². The lowest BCUT2D eigenvalue weighted by molar-refractivity contribution is -0.139. The highest BCUT2D eigenvalue weighted by atomic mass is 19.1. The van der Waals surface area contributed by atoms with Crippen LogP contribution >= 0.6 is 0 Å². The van der Waals surface area contributed by atoms with Gasteiger partial charge in [0.2, 0.25) is 12.0 Å². The molecular formula is C25H32FN5O5. The number of likely N-dealkylation sites (N-methyl/N-ethyl adjacent to an activating group) is 1. The van der Waals surface area contributed by atoms with Crippen LogP contribution in [0.4, 0.5) is 4.39 Å². The van der Waals surface area contributed by atoms with Gasteiger partial charge in [0, 0.05) is 45.8 Å². The summed E-state index contributed by atoms with van der Waals surface area (Å²) in [5.41, 5.74) is -0.462. The van der Waals surface area contributed by atoms with Gasteiger partial charge in [0.15, 0.2) is 5.69 Å². The van der Waals surface area contributed by atoms with E-state index in [2.05, 4.69) is 15.2 Å². The van der Waals surface area contributed by atoms with E-state index in [9.17, 15) is 28.7 Å². The Morgan fingerprint density at radius 3 is 2.61 bits per heavy atom. The van der Waals surface area contributed by atoms with Gasteiger partial charge in [0.05, 0.1) is 6.33 Å². The van der Waals surface area contributed by atoms with Crippen molar-refractivity contribution >= 4 is 18.1 Å². The highest BCUT2D eigenvalue weighted by Crippen LogP contribution is 2.30. The standard InChI is InChI=1S/C25H32FN5O5/c1-3-20(29(2)21(33)15-32)14-30(13-18-4-5-18)10-11-31-16-28-22(23(34)25(31)36)24(35)27-12-17-6-8-19(26)9-7-17/h6-9,15-16,18,20,34H,3-5,10-14H2,1-2H3,(H,27,35). The summed E-state index contributed by atoms with van der Waals surface area (Å²) in [6.07, 6.45) is 4.45. The molecule has 2 aromatic rings. The number of amides is 2. The first-order valence-corrected chi connectivity index (χ1v) is 12.0. The summed E-state index contributed by atoms with van der Waals surface area (Å²) in [5.74, 6) is -1.87. The van der Waals surface area contributed by atoms with Crippen LogP contribution in [0.3, 0.4) is 0 Å². The van der Waals surface area contributed by atoms with Gasteiger partial charge in [-0.3, -0.25) is 28.6 Å². The van der Waals surface area contributed by atoms with Crippen LogP contribution in [0.2, 0.25) is 0 Å². The van der Waals surface area contributed by atoms with E-state index in [1.54, 1.807) is 7.05 Å². The number of carbonyl (C=O) groups excluding carboxylic acids is 3. The molecule has 1 aromatic carbocycles. The quantitative estimate of drug-likeness (QED) is 0.312.